The van der Waals surface area contributed by atoms with Gasteiger partial charge in [0.15, 0.2) is 0 Å². The van der Waals surface area contributed by atoms with Crippen LogP contribution >= 0.6 is 0 Å². The summed E-state index contributed by atoms with van der Waals surface area (Å²) in [6, 6.07) is 0.125. The predicted octanol–water partition coefficient (Wildman–Crippen LogP) is -0.120. The summed E-state index contributed by atoms with van der Waals surface area (Å²) < 4.78 is 0. The molecule has 1 heterocycles. The number of imidazole rings is 1. The van der Waals surface area contributed by atoms with Crippen LogP contribution in [0.4, 0.5) is 0 Å². The van der Waals surface area contributed by atoms with Crippen molar-refractivity contribution in [2.45, 2.75) is 19.5 Å². The third-order valence-corrected chi connectivity index (χ3v) is 1.45. The summed E-state index contributed by atoms with van der Waals surface area (Å²) in [5.41, 5.74) is 0. The molecule has 0 aromatic carbocycles. The van der Waals surface area contributed by atoms with Gasteiger partial charge in [0.2, 0.25) is 0 Å². The van der Waals surface area contributed by atoms with Crippen LogP contribution in [0.25, 0.3) is 0 Å². The Morgan fingerprint density at radius 1 is 1.82 bits per heavy atom. The van der Waals surface area contributed by atoms with Gasteiger partial charge in [-0.15, -0.1) is 0 Å². The average Bonchev–Trinajstić information content (AvgIpc) is 2.52. The van der Waals surface area contributed by atoms with Crippen LogP contribution in [0.5, 0.6) is 0 Å². The van der Waals surface area contributed by atoms with Crippen molar-refractivity contribution in [1.82, 2.24) is 15.3 Å². The molecule has 1 aromatic rings. The SMILES string of the molecule is C[C@@H](CO)NCc1ncc[nH]1. The zero-order chi connectivity index (χ0) is 8.10. The molecule has 0 bridgehead atoms. The number of H-pyrrole nitrogens is 1. The quantitative estimate of drug-likeness (QED) is 0.568. The maximum Gasteiger partial charge on any atom is 0.120 e. The van der Waals surface area contributed by atoms with E-state index in [9.17, 15) is 0 Å². The molecule has 62 valence electrons. The number of nitrogens with one attached hydrogen (secondary N) is 2. The van der Waals surface area contributed by atoms with E-state index in [1.165, 1.54) is 0 Å². The van der Waals surface area contributed by atoms with Crippen molar-refractivity contribution >= 4 is 0 Å². The second kappa shape index (κ2) is 4.10. The van der Waals surface area contributed by atoms with Gasteiger partial charge >= 0.3 is 0 Å². The highest BCUT2D eigenvalue weighted by atomic mass is 16.3. The fourth-order valence-corrected chi connectivity index (χ4v) is 0.730. The summed E-state index contributed by atoms with van der Waals surface area (Å²) in [5, 5.41) is 11.8. The lowest BCUT2D eigenvalue weighted by Gasteiger charge is -2.07. The molecule has 1 atom stereocenters. The zero-order valence-corrected chi connectivity index (χ0v) is 6.54. The van der Waals surface area contributed by atoms with Crippen LogP contribution in [0.2, 0.25) is 0 Å². The number of rotatable bonds is 4. The predicted molar refractivity (Wildman–Crippen MR) is 42.0 cm³/mol. The van der Waals surface area contributed by atoms with E-state index in [0.29, 0.717) is 6.54 Å². The number of aromatic amines is 1. The molecule has 0 aliphatic rings. The summed E-state index contributed by atoms with van der Waals surface area (Å²) in [7, 11) is 0. The second-order valence-corrected chi connectivity index (χ2v) is 2.50. The lowest BCUT2D eigenvalue weighted by atomic mass is 10.3. The maximum atomic E-state index is 8.67. The van der Waals surface area contributed by atoms with Crippen LogP contribution < -0.4 is 5.32 Å². The fraction of sp³-hybridized carbons (Fsp3) is 0.571. The molecule has 1 rings (SSSR count). The van der Waals surface area contributed by atoms with E-state index in [4.69, 9.17) is 5.11 Å². The Kier molecular flexibility index (Phi) is 3.07. The Labute approximate surface area is 65.7 Å². The standard InChI is InChI=1S/C7H13N3O/c1-6(5-11)10-4-7-8-2-3-9-7/h2-3,6,10-11H,4-5H2,1H3,(H,8,9)/t6-/m0/s1. The first-order valence-corrected chi connectivity index (χ1v) is 3.65. The van der Waals surface area contributed by atoms with E-state index in [1.807, 2.05) is 6.92 Å². The van der Waals surface area contributed by atoms with Gasteiger partial charge in [-0.05, 0) is 6.92 Å². The number of aliphatic hydroxyl groups excluding tert-OH is 1. The summed E-state index contributed by atoms with van der Waals surface area (Å²) in [6.07, 6.45) is 3.49. The average molecular weight is 155 g/mol. The van der Waals surface area contributed by atoms with Gasteiger partial charge in [-0.25, -0.2) is 4.98 Å². The Morgan fingerprint density at radius 3 is 3.18 bits per heavy atom. The molecule has 0 saturated heterocycles. The van der Waals surface area contributed by atoms with Gasteiger partial charge in [-0.3, -0.25) is 0 Å². The highest BCUT2D eigenvalue weighted by Crippen LogP contribution is 1.88. The lowest BCUT2D eigenvalue weighted by Crippen LogP contribution is -2.29. The van der Waals surface area contributed by atoms with Crippen molar-refractivity contribution in [3.05, 3.63) is 18.2 Å². The van der Waals surface area contributed by atoms with Crippen LogP contribution in [0.3, 0.4) is 0 Å². The molecule has 3 N–H and O–H groups in total. The number of aromatic nitrogens is 2. The molecular weight excluding hydrogens is 142 g/mol. The molecule has 1 aromatic heterocycles. The molecule has 0 unspecified atom stereocenters. The van der Waals surface area contributed by atoms with Crippen molar-refractivity contribution in [2.24, 2.45) is 0 Å². The topological polar surface area (TPSA) is 60.9 Å². The summed E-state index contributed by atoms with van der Waals surface area (Å²) in [5.74, 6) is 0.894. The minimum absolute atomic E-state index is 0.125. The van der Waals surface area contributed by atoms with Gasteiger partial charge in [0, 0.05) is 18.4 Å². The third kappa shape index (κ3) is 2.69. The largest absolute Gasteiger partial charge is 0.395 e. The van der Waals surface area contributed by atoms with E-state index in [-0.39, 0.29) is 12.6 Å². The third-order valence-electron chi connectivity index (χ3n) is 1.45. The van der Waals surface area contributed by atoms with E-state index in [2.05, 4.69) is 15.3 Å². The first-order chi connectivity index (χ1) is 5.33. The van der Waals surface area contributed by atoms with Crippen molar-refractivity contribution in [3.63, 3.8) is 0 Å². The van der Waals surface area contributed by atoms with E-state index < -0.39 is 0 Å². The van der Waals surface area contributed by atoms with Crippen molar-refractivity contribution < 1.29 is 5.11 Å². The highest BCUT2D eigenvalue weighted by molar-refractivity contribution is 4.86. The van der Waals surface area contributed by atoms with Crippen LogP contribution in [0, 0.1) is 0 Å². The molecule has 0 amide bonds. The minimum atomic E-state index is 0.125. The molecule has 0 saturated carbocycles. The summed E-state index contributed by atoms with van der Waals surface area (Å²) in [4.78, 5) is 6.98. The normalized spacial score (nSPS) is 13.3. The molecule has 0 fully saturated rings. The first-order valence-electron chi connectivity index (χ1n) is 3.65. The molecule has 0 aliphatic carbocycles. The van der Waals surface area contributed by atoms with Crippen LogP contribution in [0.15, 0.2) is 12.4 Å². The van der Waals surface area contributed by atoms with Gasteiger partial charge < -0.3 is 15.4 Å². The van der Waals surface area contributed by atoms with E-state index in [0.717, 1.165) is 5.82 Å². The number of aliphatic hydroxyl groups is 1. The van der Waals surface area contributed by atoms with Gasteiger partial charge in [0.05, 0.1) is 13.2 Å². The van der Waals surface area contributed by atoms with E-state index >= 15 is 0 Å². The van der Waals surface area contributed by atoms with Crippen LogP contribution in [0.1, 0.15) is 12.7 Å². The first kappa shape index (κ1) is 8.23. The molecule has 4 heteroatoms. The van der Waals surface area contributed by atoms with Gasteiger partial charge in [-0.1, -0.05) is 0 Å². The van der Waals surface area contributed by atoms with Crippen molar-refractivity contribution in [3.8, 4) is 0 Å². The molecule has 0 spiro atoms. The molecule has 11 heavy (non-hydrogen) atoms. The van der Waals surface area contributed by atoms with Gasteiger partial charge in [0.1, 0.15) is 5.82 Å². The Morgan fingerprint density at radius 2 is 2.64 bits per heavy atom. The number of hydrogen-bond acceptors (Lipinski definition) is 3. The van der Waals surface area contributed by atoms with Crippen LogP contribution in [-0.2, 0) is 6.54 Å². The molecule has 4 nitrogen and oxygen atoms in total. The van der Waals surface area contributed by atoms with Crippen molar-refractivity contribution in [1.29, 1.82) is 0 Å². The lowest BCUT2D eigenvalue weighted by molar-refractivity contribution is 0.250. The number of nitrogens with zero attached hydrogens (tertiary/aromatic N) is 1. The maximum absolute atomic E-state index is 8.67. The molecular formula is C7H13N3O. The highest BCUT2D eigenvalue weighted by Gasteiger charge is 1.98. The van der Waals surface area contributed by atoms with Crippen LogP contribution in [-0.4, -0.2) is 27.7 Å². The Bertz CT molecular complexity index is 186. The Hall–Kier alpha value is -0.870. The summed E-state index contributed by atoms with van der Waals surface area (Å²) in [6.45, 7) is 2.75. The molecule has 0 aliphatic heterocycles. The van der Waals surface area contributed by atoms with Gasteiger partial charge in [-0.2, -0.15) is 0 Å². The smallest absolute Gasteiger partial charge is 0.120 e. The van der Waals surface area contributed by atoms with Crippen molar-refractivity contribution in [2.75, 3.05) is 6.61 Å². The van der Waals surface area contributed by atoms with Gasteiger partial charge in [0.25, 0.3) is 0 Å². The minimum Gasteiger partial charge on any atom is -0.395 e. The zero-order valence-electron chi connectivity index (χ0n) is 6.54. The number of hydrogen-bond donors (Lipinski definition) is 3. The molecule has 0 radical (unpaired) electrons. The van der Waals surface area contributed by atoms with E-state index in [1.54, 1.807) is 12.4 Å². The fourth-order valence-electron chi connectivity index (χ4n) is 0.730. The summed E-state index contributed by atoms with van der Waals surface area (Å²) >= 11 is 0. The second-order valence-electron chi connectivity index (χ2n) is 2.50. The monoisotopic (exact) mass is 155 g/mol. The Balaban J connectivity index is 2.23.